The van der Waals surface area contributed by atoms with Crippen LogP contribution in [0.4, 0.5) is 11.4 Å². The van der Waals surface area contributed by atoms with Crippen molar-refractivity contribution in [3.63, 3.8) is 0 Å². The molecule has 0 unspecified atom stereocenters. The summed E-state index contributed by atoms with van der Waals surface area (Å²) >= 11 is 0. The molecule has 0 saturated heterocycles. The molecule has 144 valence electrons. The van der Waals surface area contributed by atoms with Gasteiger partial charge in [-0.2, -0.15) is 0 Å². The van der Waals surface area contributed by atoms with Crippen molar-refractivity contribution in [2.24, 2.45) is 0 Å². The van der Waals surface area contributed by atoms with Gasteiger partial charge >= 0.3 is 0 Å². The number of nitrogens with one attached hydrogen (secondary N) is 2. The molecular formula is C17H19N3O6S. The molecule has 0 saturated carbocycles. The molecule has 0 aliphatic heterocycles. The van der Waals surface area contributed by atoms with Crippen LogP contribution in [0.2, 0.25) is 0 Å². The van der Waals surface area contributed by atoms with Gasteiger partial charge in [0.2, 0.25) is 10.0 Å². The number of nitro benzene ring substituents is 1. The monoisotopic (exact) mass is 393 g/mol. The fraction of sp³-hybridized carbons (Fsp3) is 0.235. The van der Waals surface area contributed by atoms with E-state index in [-0.39, 0.29) is 17.2 Å². The molecule has 0 fully saturated rings. The molecule has 2 aromatic rings. The third-order valence-electron chi connectivity index (χ3n) is 3.80. The third-order valence-corrected chi connectivity index (χ3v) is 5.21. The Kier molecular flexibility index (Phi) is 6.13. The van der Waals surface area contributed by atoms with Crippen molar-refractivity contribution in [2.45, 2.75) is 18.7 Å². The van der Waals surface area contributed by atoms with Crippen molar-refractivity contribution >= 4 is 27.3 Å². The summed E-state index contributed by atoms with van der Waals surface area (Å²) in [7, 11) is -2.33. The van der Waals surface area contributed by atoms with E-state index in [1.807, 2.05) is 0 Å². The number of hydrogen-bond acceptors (Lipinski definition) is 6. The lowest BCUT2D eigenvalue weighted by Crippen LogP contribution is -2.22. The topological polar surface area (TPSA) is 128 Å². The van der Waals surface area contributed by atoms with Gasteiger partial charge in [0.25, 0.3) is 11.6 Å². The lowest BCUT2D eigenvalue weighted by Gasteiger charge is -2.12. The largest absolute Gasteiger partial charge is 0.484 e. The maximum Gasteiger partial charge on any atom is 0.272 e. The van der Waals surface area contributed by atoms with Gasteiger partial charge in [0, 0.05) is 17.3 Å². The molecule has 9 nitrogen and oxygen atoms in total. The van der Waals surface area contributed by atoms with Gasteiger partial charge in [0.1, 0.15) is 5.75 Å². The minimum Gasteiger partial charge on any atom is -0.484 e. The molecule has 10 heteroatoms. The summed E-state index contributed by atoms with van der Waals surface area (Å²) in [6, 6.07) is 8.56. The summed E-state index contributed by atoms with van der Waals surface area (Å²) in [5.41, 5.74) is 1.41. The van der Waals surface area contributed by atoms with Crippen molar-refractivity contribution in [1.29, 1.82) is 0 Å². The Labute approximate surface area is 156 Å². The summed E-state index contributed by atoms with van der Waals surface area (Å²) in [6.07, 6.45) is 0. The minimum absolute atomic E-state index is 0.0258. The normalized spacial score (nSPS) is 11.1. The fourth-order valence-electron chi connectivity index (χ4n) is 2.28. The maximum absolute atomic E-state index is 12.1. The average Bonchev–Trinajstić information content (AvgIpc) is 2.61. The van der Waals surface area contributed by atoms with E-state index in [9.17, 15) is 23.3 Å². The maximum atomic E-state index is 12.1. The van der Waals surface area contributed by atoms with Crippen molar-refractivity contribution in [1.82, 2.24) is 4.72 Å². The van der Waals surface area contributed by atoms with Crippen LogP contribution < -0.4 is 14.8 Å². The Bertz CT molecular complexity index is 988. The zero-order valence-corrected chi connectivity index (χ0v) is 15.8. The zero-order chi connectivity index (χ0) is 20.2. The number of amides is 1. The van der Waals surface area contributed by atoms with Gasteiger partial charge in [0.15, 0.2) is 6.61 Å². The van der Waals surface area contributed by atoms with Gasteiger partial charge in [-0.3, -0.25) is 14.9 Å². The average molecular weight is 393 g/mol. The highest BCUT2D eigenvalue weighted by Gasteiger charge is 2.15. The van der Waals surface area contributed by atoms with Gasteiger partial charge in [0.05, 0.1) is 9.82 Å². The van der Waals surface area contributed by atoms with Gasteiger partial charge < -0.3 is 10.1 Å². The van der Waals surface area contributed by atoms with Crippen LogP contribution in [-0.4, -0.2) is 32.9 Å². The van der Waals surface area contributed by atoms with Gasteiger partial charge in [-0.25, -0.2) is 13.1 Å². The molecule has 27 heavy (non-hydrogen) atoms. The number of carbonyl (C=O) groups is 1. The Morgan fingerprint density at radius 1 is 1.15 bits per heavy atom. The molecule has 1 amide bonds. The highest BCUT2D eigenvalue weighted by atomic mass is 32.2. The van der Waals surface area contributed by atoms with Gasteiger partial charge in [-0.05, 0) is 50.7 Å². The van der Waals surface area contributed by atoms with Crippen LogP contribution >= 0.6 is 0 Å². The second-order valence-electron chi connectivity index (χ2n) is 5.73. The van der Waals surface area contributed by atoms with E-state index in [0.717, 1.165) is 0 Å². The smallest absolute Gasteiger partial charge is 0.272 e. The Morgan fingerprint density at radius 2 is 1.85 bits per heavy atom. The lowest BCUT2D eigenvalue weighted by atomic mass is 10.2. The summed E-state index contributed by atoms with van der Waals surface area (Å²) in [5.74, 6) is -0.176. The van der Waals surface area contributed by atoms with Crippen molar-refractivity contribution in [3.05, 3.63) is 57.6 Å². The van der Waals surface area contributed by atoms with Crippen LogP contribution in [0.3, 0.4) is 0 Å². The molecular weight excluding hydrogens is 374 g/mol. The first-order chi connectivity index (χ1) is 12.6. The number of benzene rings is 2. The Morgan fingerprint density at radius 3 is 2.44 bits per heavy atom. The first kappa shape index (κ1) is 20.3. The van der Waals surface area contributed by atoms with E-state index >= 15 is 0 Å². The molecule has 0 bridgehead atoms. The quantitative estimate of drug-likeness (QED) is 0.548. The number of rotatable bonds is 7. The second-order valence-corrected chi connectivity index (χ2v) is 7.61. The van der Waals surface area contributed by atoms with E-state index in [1.54, 1.807) is 19.9 Å². The summed E-state index contributed by atoms with van der Waals surface area (Å²) in [5, 5.41) is 13.4. The van der Waals surface area contributed by atoms with Crippen molar-refractivity contribution in [2.75, 3.05) is 19.0 Å². The summed E-state index contributed by atoms with van der Waals surface area (Å²) in [4.78, 5) is 22.5. The fourth-order valence-corrected chi connectivity index (χ4v) is 3.03. The number of aryl methyl sites for hydroxylation is 2. The lowest BCUT2D eigenvalue weighted by molar-refractivity contribution is -0.385. The molecule has 0 heterocycles. The standard InChI is InChI=1S/C17H19N3O6S/c1-11-4-6-14(27(24,25)18-3)9-15(11)19-17(21)10-26-13-5-7-16(20(22)23)12(2)8-13/h4-9,18H,10H2,1-3H3,(H,19,21). The van der Waals surface area contributed by atoms with E-state index < -0.39 is 20.9 Å². The number of nitrogens with zero attached hydrogens (tertiary/aromatic N) is 1. The summed E-state index contributed by atoms with van der Waals surface area (Å²) < 4.78 is 31.3. The van der Waals surface area contributed by atoms with Crippen LogP contribution in [0, 0.1) is 24.0 Å². The van der Waals surface area contributed by atoms with Crippen LogP contribution in [-0.2, 0) is 14.8 Å². The molecule has 2 aromatic carbocycles. The number of hydrogen-bond donors (Lipinski definition) is 2. The van der Waals surface area contributed by atoms with Crippen LogP contribution in [0.5, 0.6) is 5.75 Å². The molecule has 2 N–H and O–H groups in total. The molecule has 0 spiro atoms. The molecule has 0 aliphatic rings. The number of anilines is 1. The number of ether oxygens (including phenoxy) is 1. The number of nitro groups is 1. The first-order valence-electron chi connectivity index (χ1n) is 7.86. The number of carbonyl (C=O) groups excluding carboxylic acids is 1. The zero-order valence-electron chi connectivity index (χ0n) is 15.0. The Balaban J connectivity index is 2.07. The molecule has 0 aromatic heterocycles. The van der Waals surface area contributed by atoms with Crippen molar-refractivity contribution < 1.29 is 22.9 Å². The third kappa shape index (κ3) is 5.02. The van der Waals surface area contributed by atoms with Gasteiger partial charge in [-0.1, -0.05) is 6.07 Å². The molecule has 0 atom stereocenters. The SMILES string of the molecule is CNS(=O)(=O)c1ccc(C)c(NC(=O)COc2ccc([N+](=O)[O-])c(C)c2)c1. The first-order valence-corrected chi connectivity index (χ1v) is 9.34. The highest BCUT2D eigenvalue weighted by molar-refractivity contribution is 7.89. The Hall–Kier alpha value is -2.98. The van der Waals surface area contributed by atoms with E-state index in [0.29, 0.717) is 22.6 Å². The van der Waals surface area contributed by atoms with Crippen LogP contribution in [0.1, 0.15) is 11.1 Å². The second kappa shape index (κ2) is 8.14. The van der Waals surface area contributed by atoms with E-state index in [1.165, 1.54) is 37.4 Å². The molecule has 2 rings (SSSR count). The highest BCUT2D eigenvalue weighted by Crippen LogP contribution is 2.23. The van der Waals surface area contributed by atoms with Crippen LogP contribution in [0.25, 0.3) is 0 Å². The number of sulfonamides is 1. The van der Waals surface area contributed by atoms with Crippen molar-refractivity contribution in [3.8, 4) is 5.75 Å². The molecule has 0 aliphatic carbocycles. The van der Waals surface area contributed by atoms with E-state index in [2.05, 4.69) is 10.0 Å². The molecule has 0 radical (unpaired) electrons. The van der Waals surface area contributed by atoms with Gasteiger partial charge in [-0.15, -0.1) is 0 Å². The van der Waals surface area contributed by atoms with E-state index in [4.69, 9.17) is 4.74 Å². The predicted molar refractivity (Wildman–Crippen MR) is 99.4 cm³/mol. The minimum atomic E-state index is -3.63. The van der Waals surface area contributed by atoms with Crippen LogP contribution in [0.15, 0.2) is 41.3 Å². The predicted octanol–water partition coefficient (Wildman–Crippen LogP) is 2.14. The summed E-state index contributed by atoms with van der Waals surface area (Å²) in [6.45, 7) is 2.97.